The molecule has 3 rings (SSSR count). The highest BCUT2D eigenvalue weighted by Gasteiger charge is 2.18. The molecule has 0 saturated heterocycles. The highest BCUT2D eigenvalue weighted by molar-refractivity contribution is 7.99. The Hall–Kier alpha value is -3.40. The summed E-state index contributed by atoms with van der Waals surface area (Å²) < 4.78 is 27.1. The summed E-state index contributed by atoms with van der Waals surface area (Å²) in [4.78, 5) is 12.2. The Bertz CT molecular complexity index is 997. The maximum Gasteiger partial charge on any atom is 0.277 e. The zero-order valence-corrected chi connectivity index (χ0v) is 18.4. The van der Waals surface area contributed by atoms with Gasteiger partial charge in [-0.15, -0.1) is 10.2 Å². The van der Waals surface area contributed by atoms with Gasteiger partial charge < -0.3 is 28.7 Å². The highest BCUT2D eigenvalue weighted by Crippen LogP contribution is 2.41. The van der Waals surface area contributed by atoms with Crippen LogP contribution in [0.5, 0.6) is 23.0 Å². The lowest BCUT2D eigenvalue weighted by atomic mass is 10.2. The zero-order chi connectivity index (χ0) is 22.2. The first kappa shape index (κ1) is 22.3. The van der Waals surface area contributed by atoms with E-state index in [4.69, 9.17) is 23.4 Å². The molecule has 0 saturated carbocycles. The first-order chi connectivity index (χ1) is 15.1. The number of nitrogens with zero attached hydrogens (tertiary/aromatic N) is 2. The van der Waals surface area contributed by atoms with Crippen molar-refractivity contribution in [1.82, 2.24) is 10.2 Å². The fraction of sp³-hybridized carbons (Fsp3) is 0.286. The van der Waals surface area contributed by atoms with E-state index in [1.54, 1.807) is 36.4 Å². The van der Waals surface area contributed by atoms with Crippen LogP contribution < -0.4 is 24.3 Å². The number of carbonyl (C=O) groups excluding carboxylic acids is 1. The number of ether oxygens (including phenoxy) is 4. The van der Waals surface area contributed by atoms with Gasteiger partial charge in [0.2, 0.25) is 17.5 Å². The average molecular weight is 445 g/mol. The maximum atomic E-state index is 12.2. The van der Waals surface area contributed by atoms with Crippen molar-refractivity contribution in [3.8, 4) is 34.5 Å². The molecule has 0 bridgehead atoms. The Morgan fingerprint density at radius 2 is 1.71 bits per heavy atom. The topological polar surface area (TPSA) is 105 Å². The van der Waals surface area contributed by atoms with Crippen molar-refractivity contribution in [2.45, 2.75) is 12.1 Å². The standard InChI is InChI=1S/C21H23N3O6S/c1-5-29-15-8-6-14(7-9-15)22-18(25)12-31-21-24-23-20(30-21)13-10-16(26-2)19(28-4)17(11-13)27-3/h6-11H,5,12H2,1-4H3,(H,22,25). The third kappa shape index (κ3) is 5.60. The fourth-order valence-corrected chi connectivity index (χ4v) is 3.28. The molecule has 0 aliphatic heterocycles. The molecule has 0 spiro atoms. The highest BCUT2D eigenvalue weighted by atomic mass is 32.2. The van der Waals surface area contributed by atoms with Crippen LogP contribution in [0.2, 0.25) is 0 Å². The number of hydrogen-bond acceptors (Lipinski definition) is 9. The average Bonchev–Trinajstić information content (AvgIpc) is 3.27. The van der Waals surface area contributed by atoms with Gasteiger partial charge in [-0.3, -0.25) is 4.79 Å². The van der Waals surface area contributed by atoms with Gasteiger partial charge in [0, 0.05) is 11.3 Å². The molecule has 1 aromatic heterocycles. The van der Waals surface area contributed by atoms with Crippen LogP contribution in [0.4, 0.5) is 5.69 Å². The Kier molecular flexibility index (Phi) is 7.60. The molecule has 9 nitrogen and oxygen atoms in total. The molecule has 164 valence electrons. The summed E-state index contributed by atoms with van der Waals surface area (Å²) in [6.07, 6.45) is 0. The largest absolute Gasteiger partial charge is 0.494 e. The van der Waals surface area contributed by atoms with E-state index >= 15 is 0 Å². The molecule has 0 radical (unpaired) electrons. The molecule has 1 heterocycles. The van der Waals surface area contributed by atoms with E-state index in [0.717, 1.165) is 17.5 Å². The number of aromatic nitrogens is 2. The number of rotatable bonds is 10. The van der Waals surface area contributed by atoms with Gasteiger partial charge in [-0.1, -0.05) is 11.8 Å². The molecule has 0 aliphatic carbocycles. The molecule has 1 amide bonds. The number of methoxy groups -OCH3 is 3. The predicted octanol–water partition coefficient (Wildman–Crippen LogP) is 3.89. The van der Waals surface area contributed by atoms with Crippen LogP contribution in [0.3, 0.4) is 0 Å². The second-order valence-electron chi connectivity index (χ2n) is 6.08. The van der Waals surface area contributed by atoms with Crippen LogP contribution in [0, 0.1) is 0 Å². The van der Waals surface area contributed by atoms with Crippen molar-refractivity contribution in [1.29, 1.82) is 0 Å². The van der Waals surface area contributed by atoms with Crippen molar-refractivity contribution < 1.29 is 28.2 Å². The fourth-order valence-electron chi connectivity index (χ4n) is 2.71. The summed E-state index contributed by atoms with van der Waals surface area (Å²) in [7, 11) is 4.58. The smallest absolute Gasteiger partial charge is 0.277 e. The van der Waals surface area contributed by atoms with Crippen LogP contribution in [-0.2, 0) is 4.79 Å². The molecule has 31 heavy (non-hydrogen) atoms. The number of anilines is 1. The normalized spacial score (nSPS) is 10.5. The maximum absolute atomic E-state index is 12.2. The SMILES string of the molecule is CCOc1ccc(NC(=O)CSc2nnc(-c3cc(OC)c(OC)c(OC)c3)o2)cc1. The van der Waals surface area contributed by atoms with Gasteiger partial charge in [0.15, 0.2) is 11.5 Å². The van der Waals surface area contributed by atoms with Crippen molar-refractivity contribution in [3.05, 3.63) is 36.4 Å². The minimum Gasteiger partial charge on any atom is -0.494 e. The Labute approximate surface area is 184 Å². The number of amides is 1. The number of hydrogen-bond donors (Lipinski definition) is 1. The second kappa shape index (κ2) is 10.6. The first-order valence-corrected chi connectivity index (χ1v) is 10.4. The summed E-state index contributed by atoms with van der Waals surface area (Å²) in [6, 6.07) is 10.6. The van der Waals surface area contributed by atoms with E-state index in [9.17, 15) is 4.79 Å². The minimum atomic E-state index is -0.193. The van der Waals surface area contributed by atoms with Crippen molar-refractivity contribution >= 4 is 23.4 Å². The summed E-state index contributed by atoms with van der Waals surface area (Å²) in [5.41, 5.74) is 1.28. The molecular weight excluding hydrogens is 422 g/mol. The molecule has 2 aromatic carbocycles. The Balaban J connectivity index is 1.63. The summed E-state index contributed by atoms with van der Waals surface area (Å²) >= 11 is 1.14. The van der Waals surface area contributed by atoms with Crippen LogP contribution in [-0.4, -0.2) is 49.8 Å². The molecule has 0 atom stereocenters. The first-order valence-electron chi connectivity index (χ1n) is 9.37. The van der Waals surface area contributed by atoms with Crippen molar-refractivity contribution in [3.63, 3.8) is 0 Å². The van der Waals surface area contributed by atoms with Crippen molar-refractivity contribution in [2.75, 3.05) is 39.0 Å². The zero-order valence-electron chi connectivity index (χ0n) is 17.6. The van der Waals surface area contributed by atoms with Gasteiger partial charge in [-0.05, 0) is 43.3 Å². The van der Waals surface area contributed by atoms with E-state index in [2.05, 4.69) is 15.5 Å². The Morgan fingerprint density at radius 3 is 2.29 bits per heavy atom. The van der Waals surface area contributed by atoms with E-state index in [1.165, 1.54) is 21.3 Å². The molecule has 0 unspecified atom stereocenters. The predicted molar refractivity (Wildman–Crippen MR) is 116 cm³/mol. The third-order valence-electron chi connectivity index (χ3n) is 4.09. The van der Waals surface area contributed by atoms with Crippen LogP contribution in [0.1, 0.15) is 6.92 Å². The van der Waals surface area contributed by atoms with Gasteiger partial charge in [0.25, 0.3) is 5.22 Å². The number of benzene rings is 2. The van der Waals surface area contributed by atoms with E-state index < -0.39 is 0 Å². The van der Waals surface area contributed by atoms with Crippen LogP contribution in [0.25, 0.3) is 11.5 Å². The second-order valence-corrected chi connectivity index (χ2v) is 7.01. The van der Waals surface area contributed by atoms with Gasteiger partial charge in [-0.25, -0.2) is 0 Å². The molecule has 0 aliphatic rings. The molecule has 1 N–H and O–H groups in total. The van der Waals surface area contributed by atoms with E-state index in [0.29, 0.717) is 35.1 Å². The van der Waals surface area contributed by atoms with Gasteiger partial charge in [0.05, 0.1) is 33.7 Å². The van der Waals surface area contributed by atoms with E-state index in [1.807, 2.05) is 6.92 Å². The van der Waals surface area contributed by atoms with Crippen LogP contribution >= 0.6 is 11.8 Å². The summed E-state index contributed by atoms with van der Waals surface area (Å²) in [5.74, 6) is 2.35. The summed E-state index contributed by atoms with van der Waals surface area (Å²) in [6.45, 7) is 2.50. The minimum absolute atomic E-state index is 0.115. The lowest BCUT2D eigenvalue weighted by molar-refractivity contribution is -0.113. The van der Waals surface area contributed by atoms with Gasteiger partial charge >= 0.3 is 0 Å². The lowest BCUT2D eigenvalue weighted by Crippen LogP contribution is -2.13. The Morgan fingerprint density at radius 1 is 1.03 bits per heavy atom. The van der Waals surface area contributed by atoms with Crippen molar-refractivity contribution in [2.24, 2.45) is 0 Å². The molecule has 10 heteroatoms. The van der Waals surface area contributed by atoms with Crippen LogP contribution in [0.15, 0.2) is 46.0 Å². The van der Waals surface area contributed by atoms with E-state index in [-0.39, 0.29) is 22.8 Å². The molecule has 0 fully saturated rings. The number of nitrogens with one attached hydrogen (secondary N) is 1. The lowest BCUT2D eigenvalue weighted by Gasteiger charge is -2.12. The number of carbonyl (C=O) groups is 1. The van der Waals surface area contributed by atoms with Gasteiger partial charge in [-0.2, -0.15) is 0 Å². The monoisotopic (exact) mass is 445 g/mol. The molecular formula is C21H23N3O6S. The quantitative estimate of drug-likeness (QED) is 0.465. The summed E-state index contributed by atoms with van der Waals surface area (Å²) in [5, 5.41) is 11.1. The van der Waals surface area contributed by atoms with Gasteiger partial charge in [0.1, 0.15) is 5.75 Å². The number of thioether (sulfide) groups is 1. The molecule has 3 aromatic rings. The third-order valence-corrected chi connectivity index (χ3v) is 4.91.